The molecule has 0 bridgehead atoms. The van der Waals surface area contributed by atoms with E-state index in [1.807, 2.05) is 0 Å². The summed E-state index contributed by atoms with van der Waals surface area (Å²) >= 11 is 0. The fourth-order valence-electron chi connectivity index (χ4n) is 6.07. The van der Waals surface area contributed by atoms with Crippen LogP contribution in [-0.2, 0) is 5.41 Å². The van der Waals surface area contributed by atoms with Gasteiger partial charge in [0.2, 0.25) is 0 Å². The van der Waals surface area contributed by atoms with E-state index in [2.05, 4.69) is 71.0 Å². The summed E-state index contributed by atoms with van der Waals surface area (Å²) in [6.07, 6.45) is 19.0. The monoisotopic (exact) mass is 446 g/mol. The van der Waals surface area contributed by atoms with Crippen LogP contribution in [-0.4, -0.2) is 0 Å². The van der Waals surface area contributed by atoms with Crippen LogP contribution in [0.3, 0.4) is 0 Å². The van der Waals surface area contributed by atoms with E-state index in [-0.39, 0.29) is 5.41 Å². The molecule has 1 aliphatic rings. The van der Waals surface area contributed by atoms with E-state index >= 15 is 0 Å². The van der Waals surface area contributed by atoms with Crippen LogP contribution >= 0.6 is 0 Å². The molecule has 0 amide bonds. The maximum Gasteiger partial charge on any atom is 0.0215 e. The zero-order valence-electron chi connectivity index (χ0n) is 22.4. The first-order valence-electron chi connectivity index (χ1n) is 14.3. The largest absolute Gasteiger partial charge is 0.0654 e. The molecule has 0 aliphatic heterocycles. The summed E-state index contributed by atoms with van der Waals surface area (Å²) in [5, 5.41) is 0. The van der Waals surface area contributed by atoms with Crippen LogP contribution in [0.2, 0.25) is 0 Å². The van der Waals surface area contributed by atoms with E-state index in [0.717, 1.165) is 0 Å². The number of rotatable bonds is 15. The standard InChI is InChI=1S/C33H50/c1-6-9-11-13-15-17-23-33(22-16-14-12-10-7-2)31-24-26(4)18-20-29(31)30-21-19-28(25-32(30)33)27(5)8-3/h18-21,24-25,27H,6-17,22-23H2,1-5H3. The molecule has 0 N–H and O–H groups in total. The predicted octanol–water partition coefficient (Wildman–Crippen LogP) is 10.9. The molecule has 0 aromatic heterocycles. The van der Waals surface area contributed by atoms with Gasteiger partial charge in [-0.05, 0) is 59.9 Å². The van der Waals surface area contributed by atoms with Gasteiger partial charge in [-0.2, -0.15) is 0 Å². The molecule has 3 rings (SSSR count). The van der Waals surface area contributed by atoms with Crippen molar-refractivity contribution in [2.45, 2.75) is 136 Å². The van der Waals surface area contributed by atoms with Gasteiger partial charge in [0.15, 0.2) is 0 Å². The SMILES string of the molecule is CCCCCCCCC1(CCCCCCC)c2cc(C)ccc2-c2ccc(C(C)CC)cc21. The van der Waals surface area contributed by atoms with Gasteiger partial charge < -0.3 is 0 Å². The van der Waals surface area contributed by atoms with Crippen molar-refractivity contribution in [3.05, 3.63) is 58.7 Å². The highest BCUT2D eigenvalue weighted by Crippen LogP contribution is 2.55. The summed E-state index contributed by atoms with van der Waals surface area (Å²) in [4.78, 5) is 0. The molecular formula is C33H50. The van der Waals surface area contributed by atoms with Crippen LogP contribution in [0.5, 0.6) is 0 Å². The minimum Gasteiger partial charge on any atom is -0.0654 e. The second-order valence-electron chi connectivity index (χ2n) is 10.9. The van der Waals surface area contributed by atoms with E-state index < -0.39 is 0 Å². The maximum absolute atomic E-state index is 2.63. The minimum atomic E-state index is 0.219. The van der Waals surface area contributed by atoms with Gasteiger partial charge in [0.05, 0.1) is 0 Å². The Hall–Kier alpha value is -1.56. The second kappa shape index (κ2) is 12.8. The van der Waals surface area contributed by atoms with Gasteiger partial charge in [0, 0.05) is 5.41 Å². The molecular weight excluding hydrogens is 396 g/mol. The lowest BCUT2D eigenvalue weighted by Gasteiger charge is -2.33. The number of hydrogen-bond acceptors (Lipinski definition) is 0. The van der Waals surface area contributed by atoms with Gasteiger partial charge in [-0.1, -0.05) is 140 Å². The van der Waals surface area contributed by atoms with Crippen molar-refractivity contribution in [1.82, 2.24) is 0 Å². The van der Waals surface area contributed by atoms with Crippen LogP contribution in [0.15, 0.2) is 36.4 Å². The van der Waals surface area contributed by atoms with Crippen molar-refractivity contribution in [3.8, 4) is 11.1 Å². The van der Waals surface area contributed by atoms with E-state index in [9.17, 15) is 0 Å². The van der Waals surface area contributed by atoms with Crippen molar-refractivity contribution in [3.63, 3.8) is 0 Å². The Kier molecular flexibility index (Phi) is 10.1. The summed E-state index contributed by atoms with van der Waals surface area (Å²) in [7, 11) is 0. The van der Waals surface area contributed by atoms with Crippen molar-refractivity contribution in [1.29, 1.82) is 0 Å². The van der Waals surface area contributed by atoms with Gasteiger partial charge in [-0.3, -0.25) is 0 Å². The van der Waals surface area contributed by atoms with Crippen molar-refractivity contribution < 1.29 is 0 Å². The molecule has 0 saturated heterocycles. The van der Waals surface area contributed by atoms with Crippen molar-refractivity contribution in [2.75, 3.05) is 0 Å². The Morgan fingerprint density at radius 2 is 1.15 bits per heavy atom. The number of benzene rings is 2. The molecule has 0 saturated carbocycles. The third-order valence-electron chi connectivity index (χ3n) is 8.39. The first-order chi connectivity index (χ1) is 16.1. The fraction of sp³-hybridized carbons (Fsp3) is 0.636. The lowest BCUT2D eigenvalue weighted by atomic mass is 9.70. The zero-order valence-corrected chi connectivity index (χ0v) is 22.4. The molecule has 0 spiro atoms. The van der Waals surface area contributed by atoms with Gasteiger partial charge in [0.25, 0.3) is 0 Å². The van der Waals surface area contributed by atoms with Crippen molar-refractivity contribution in [2.24, 2.45) is 0 Å². The molecule has 2 aromatic carbocycles. The van der Waals surface area contributed by atoms with E-state index in [1.54, 1.807) is 16.7 Å². The first-order valence-corrected chi connectivity index (χ1v) is 14.3. The predicted molar refractivity (Wildman–Crippen MR) is 147 cm³/mol. The van der Waals surface area contributed by atoms with Crippen LogP contribution in [0.4, 0.5) is 0 Å². The fourth-order valence-corrected chi connectivity index (χ4v) is 6.07. The van der Waals surface area contributed by atoms with E-state index in [0.29, 0.717) is 5.92 Å². The number of hydrogen-bond donors (Lipinski definition) is 0. The van der Waals surface area contributed by atoms with E-state index in [4.69, 9.17) is 0 Å². The summed E-state index contributed by atoms with van der Waals surface area (Å²) in [5.74, 6) is 0.636. The number of fused-ring (bicyclic) bond motifs is 3. The Bertz CT molecular complexity index is 860. The Morgan fingerprint density at radius 1 is 0.636 bits per heavy atom. The molecule has 0 radical (unpaired) electrons. The molecule has 0 heterocycles. The number of unbranched alkanes of at least 4 members (excludes halogenated alkanes) is 9. The van der Waals surface area contributed by atoms with Crippen LogP contribution in [0, 0.1) is 6.92 Å². The van der Waals surface area contributed by atoms with Gasteiger partial charge in [0.1, 0.15) is 0 Å². The Morgan fingerprint density at radius 3 is 1.73 bits per heavy atom. The molecule has 182 valence electrons. The summed E-state index contributed by atoms with van der Waals surface area (Å²) in [5.41, 5.74) is 9.52. The first kappa shape index (κ1) is 26.1. The van der Waals surface area contributed by atoms with Crippen molar-refractivity contribution >= 4 is 0 Å². The highest BCUT2D eigenvalue weighted by atomic mass is 14.4. The Balaban J connectivity index is 1.96. The van der Waals surface area contributed by atoms with Gasteiger partial charge in [-0.15, -0.1) is 0 Å². The Labute approximate surface area is 205 Å². The third kappa shape index (κ3) is 6.12. The van der Waals surface area contributed by atoms with Gasteiger partial charge >= 0.3 is 0 Å². The van der Waals surface area contributed by atoms with Crippen LogP contribution < -0.4 is 0 Å². The molecule has 2 aromatic rings. The average molecular weight is 447 g/mol. The third-order valence-corrected chi connectivity index (χ3v) is 8.39. The summed E-state index contributed by atoms with van der Waals surface area (Å²) in [6.45, 7) is 11.6. The molecule has 2 atom stereocenters. The van der Waals surface area contributed by atoms with Crippen LogP contribution in [0.25, 0.3) is 11.1 Å². The van der Waals surface area contributed by atoms with E-state index in [1.165, 1.54) is 107 Å². The summed E-state index contributed by atoms with van der Waals surface area (Å²) in [6, 6.07) is 14.8. The average Bonchev–Trinajstić information content (AvgIpc) is 3.09. The smallest absolute Gasteiger partial charge is 0.0215 e. The summed E-state index contributed by atoms with van der Waals surface area (Å²) < 4.78 is 0. The van der Waals surface area contributed by atoms with Crippen LogP contribution in [0.1, 0.15) is 146 Å². The molecule has 2 unspecified atom stereocenters. The lowest BCUT2D eigenvalue weighted by molar-refractivity contribution is 0.398. The lowest BCUT2D eigenvalue weighted by Crippen LogP contribution is -2.26. The molecule has 0 heteroatoms. The molecule has 0 nitrogen and oxygen atoms in total. The molecule has 33 heavy (non-hydrogen) atoms. The highest BCUT2D eigenvalue weighted by Gasteiger charge is 2.42. The quantitative estimate of drug-likeness (QED) is 0.239. The maximum atomic E-state index is 2.63. The normalized spacial score (nSPS) is 17.7. The molecule has 1 aliphatic carbocycles. The minimum absolute atomic E-state index is 0.219. The topological polar surface area (TPSA) is 0 Å². The second-order valence-corrected chi connectivity index (χ2v) is 10.9. The zero-order chi connectivity index (χ0) is 23.7. The van der Waals surface area contributed by atoms with Gasteiger partial charge in [-0.25, -0.2) is 0 Å². The highest BCUT2D eigenvalue weighted by molar-refractivity contribution is 5.81. The number of aryl methyl sites for hydroxylation is 1. The molecule has 0 fully saturated rings.